The monoisotopic (exact) mass is 712 g/mol. The van der Waals surface area contributed by atoms with E-state index in [1.807, 2.05) is 65.0 Å². The van der Waals surface area contributed by atoms with Crippen LogP contribution in [0.2, 0.25) is 0 Å². The molecule has 10 heteroatoms. The summed E-state index contributed by atoms with van der Waals surface area (Å²) >= 11 is 0. The number of hydrogen-bond acceptors (Lipinski definition) is 10. The highest BCUT2D eigenvalue weighted by molar-refractivity contribution is 5.82. The van der Waals surface area contributed by atoms with Gasteiger partial charge in [0.05, 0.1) is 48.6 Å². The lowest BCUT2D eigenvalue weighted by Crippen LogP contribution is -2.55. The first-order valence-corrected chi connectivity index (χ1v) is 18.2. The van der Waals surface area contributed by atoms with E-state index in [1.54, 1.807) is 24.3 Å². The van der Waals surface area contributed by atoms with E-state index < -0.39 is 54.0 Å². The van der Waals surface area contributed by atoms with Crippen molar-refractivity contribution >= 4 is 11.9 Å². The summed E-state index contributed by atoms with van der Waals surface area (Å²) in [4.78, 5) is 25.3. The summed E-state index contributed by atoms with van der Waals surface area (Å²) in [7, 11) is 0. The molecule has 0 aromatic carbocycles. The average Bonchev–Trinajstić information content (AvgIpc) is 3.07. The van der Waals surface area contributed by atoms with E-state index in [-0.39, 0.29) is 43.7 Å². The molecule has 2 saturated heterocycles. The van der Waals surface area contributed by atoms with Crippen LogP contribution in [0.4, 0.5) is 0 Å². The maximum Gasteiger partial charge on any atom is 0.335 e. The van der Waals surface area contributed by atoms with Crippen molar-refractivity contribution < 1.29 is 49.0 Å². The minimum absolute atomic E-state index is 0.00418. The predicted octanol–water partition coefficient (Wildman–Crippen LogP) is 5.38. The Kier molecular flexibility index (Phi) is 17.2. The number of carbonyl (C=O) groups is 2. The van der Waals surface area contributed by atoms with Crippen LogP contribution in [-0.2, 0) is 28.5 Å². The quantitative estimate of drug-likeness (QED) is 0.162. The summed E-state index contributed by atoms with van der Waals surface area (Å²) in [5.74, 6) is -1.13. The molecule has 0 saturated carbocycles. The second-order valence-electron chi connectivity index (χ2n) is 14.7. The van der Waals surface area contributed by atoms with Gasteiger partial charge in [-0.2, -0.15) is 0 Å². The Bertz CT molecular complexity index is 1330. The van der Waals surface area contributed by atoms with Crippen LogP contribution in [0.15, 0.2) is 84.6 Å². The summed E-state index contributed by atoms with van der Waals surface area (Å²) in [5.41, 5.74) is 0.477. The summed E-state index contributed by atoms with van der Waals surface area (Å²) in [6.07, 6.45) is 18.4. The second-order valence-corrected chi connectivity index (χ2v) is 14.7. The maximum atomic E-state index is 13.0. The molecule has 4 bridgehead atoms. The number of ether oxygens (including phenoxy) is 4. The van der Waals surface area contributed by atoms with Crippen LogP contribution in [0, 0.1) is 17.3 Å². The number of aliphatic hydroxyl groups excluding tert-OH is 4. The molecule has 3 aliphatic heterocycles. The Balaban J connectivity index is 1.71. The Hall–Kier alpha value is -3.12. The van der Waals surface area contributed by atoms with E-state index in [9.17, 15) is 30.0 Å². The highest BCUT2D eigenvalue weighted by atomic mass is 16.6. The lowest BCUT2D eigenvalue weighted by Gasteiger charge is -2.47. The Morgan fingerprint density at radius 2 is 1.86 bits per heavy atom. The molecule has 51 heavy (non-hydrogen) atoms. The molecule has 3 aliphatic rings. The third-order valence-electron chi connectivity index (χ3n) is 9.86. The zero-order chi connectivity index (χ0) is 37.6. The number of aliphatic hydroxyl groups is 4. The van der Waals surface area contributed by atoms with Crippen LogP contribution >= 0.6 is 0 Å². The van der Waals surface area contributed by atoms with Crippen LogP contribution in [0.1, 0.15) is 79.6 Å². The van der Waals surface area contributed by atoms with Gasteiger partial charge in [0.2, 0.25) is 0 Å². The summed E-state index contributed by atoms with van der Waals surface area (Å²) in [6.45, 7) is 13.1. The lowest BCUT2D eigenvalue weighted by molar-refractivity contribution is -0.198. The van der Waals surface area contributed by atoms with E-state index in [1.165, 1.54) is 6.08 Å². The first-order chi connectivity index (χ1) is 24.2. The van der Waals surface area contributed by atoms with Crippen molar-refractivity contribution in [3.8, 4) is 0 Å². The molecule has 3 heterocycles. The zero-order valence-electron chi connectivity index (χ0n) is 30.9. The number of esters is 2. The van der Waals surface area contributed by atoms with Crippen molar-refractivity contribution in [2.24, 2.45) is 17.3 Å². The van der Waals surface area contributed by atoms with Crippen molar-refractivity contribution in [2.45, 2.75) is 128 Å². The third-order valence-corrected chi connectivity index (χ3v) is 9.86. The molecule has 0 aromatic rings. The molecule has 0 amide bonds. The molecular weight excluding hydrogens is 652 g/mol. The number of allylic oxidation sites excluding steroid dienone is 6. The standard InChI is InChI=1S/C41H60O10/c1-27(2)21-34(44)29(4)25-48-40(47)33(43)18-13-14-19-37-41(6,26-42)38-24-32(50-37)17-10-7-9-15-28(3)22-36-30(5)35(45)23-31(49-36)16-11-8-12-20-39(46)51-38/h8-15,17,20,22,27,30-38,42-45H,4,7,16,18-19,21,23-26H2,1-3,5-6H3/b11-8-,14-13?,15-9?,17-10-,20-12-,28-22-/t30-,31+,32-,33-,34?,35+,36-,37+,38-,41+/m1/s1. The van der Waals surface area contributed by atoms with Gasteiger partial charge in [0.1, 0.15) is 12.7 Å². The fourth-order valence-corrected chi connectivity index (χ4v) is 6.40. The number of rotatable bonds is 11. The summed E-state index contributed by atoms with van der Waals surface area (Å²) in [6, 6.07) is 0. The van der Waals surface area contributed by atoms with Gasteiger partial charge in [-0.05, 0) is 44.1 Å². The van der Waals surface area contributed by atoms with Crippen LogP contribution < -0.4 is 0 Å². The van der Waals surface area contributed by atoms with Crippen molar-refractivity contribution in [1.82, 2.24) is 0 Å². The fraction of sp³-hybridized carbons (Fsp3) is 0.610. The molecule has 2 fully saturated rings. The van der Waals surface area contributed by atoms with Crippen LogP contribution in [0.5, 0.6) is 0 Å². The second kappa shape index (κ2) is 20.8. The third kappa shape index (κ3) is 13.4. The van der Waals surface area contributed by atoms with Crippen LogP contribution in [0.25, 0.3) is 0 Å². The van der Waals surface area contributed by atoms with Gasteiger partial charge in [0.15, 0.2) is 6.10 Å². The molecule has 3 rings (SSSR count). The molecule has 284 valence electrons. The van der Waals surface area contributed by atoms with Crippen LogP contribution in [-0.4, -0.2) is 94.4 Å². The van der Waals surface area contributed by atoms with Crippen molar-refractivity contribution in [2.75, 3.05) is 13.2 Å². The first-order valence-electron chi connectivity index (χ1n) is 18.2. The highest BCUT2D eigenvalue weighted by Crippen LogP contribution is 2.41. The van der Waals surface area contributed by atoms with E-state index in [4.69, 9.17) is 18.9 Å². The molecule has 0 spiro atoms. The summed E-state index contributed by atoms with van der Waals surface area (Å²) < 4.78 is 23.8. The van der Waals surface area contributed by atoms with Crippen LogP contribution in [0.3, 0.4) is 0 Å². The van der Waals surface area contributed by atoms with Crippen molar-refractivity contribution in [3.05, 3.63) is 84.6 Å². The molecule has 0 aromatic heterocycles. The Morgan fingerprint density at radius 3 is 2.59 bits per heavy atom. The molecular formula is C41H60O10. The Labute approximate surface area is 303 Å². The first kappa shape index (κ1) is 42.3. The molecule has 4 N–H and O–H groups in total. The minimum atomic E-state index is -1.40. The SMILES string of the molecule is C=C(COC(=O)[C@H](O)CC=CC[C@@H]1O[C@@H]2/C=C\CC=C/C(C)=C\[C@H]3O[C@@H](C/C=C\C=C/C(=O)O[C@H](C2)[C@@]1(C)CO)C[C@H](O)[C@H]3C)C(O)CC(C)C. The summed E-state index contributed by atoms with van der Waals surface area (Å²) in [5, 5.41) is 41.7. The van der Waals surface area contributed by atoms with E-state index >= 15 is 0 Å². The van der Waals surface area contributed by atoms with Gasteiger partial charge in [0, 0.05) is 31.3 Å². The van der Waals surface area contributed by atoms with Crippen molar-refractivity contribution in [3.63, 3.8) is 0 Å². The normalized spacial score (nSPS) is 34.8. The van der Waals surface area contributed by atoms with Gasteiger partial charge in [-0.15, -0.1) is 0 Å². The fourth-order valence-electron chi connectivity index (χ4n) is 6.40. The smallest absolute Gasteiger partial charge is 0.335 e. The zero-order valence-corrected chi connectivity index (χ0v) is 30.9. The topological polar surface area (TPSA) is 152 Å². The molecule has 10 atom stereocenters. The highest BCUT2D eigenvalue weighted by Gasteiger charge is 2.49. The average molecular weight is 713 g/mol. The van der Waals surface area contributed by atoms with E-state index in [0.717, 1.165) is 5.57 Å². The Morgan fingerprint density at radius 1 is 1.10 bits per heavy atom. The largest absolute Gasteiger partial charge is 0.459 e. The van der Waals surface area contributed by atoms with Gasteiger partial charge < -0.3 is 39.4 Å². The number of fused-ring (bicyclic) bond motifs is 4. The number of hydrogen-bond donors (Lipinski definition) is 4. The van der Waals surface area contributed by atoms with Gasteiger partial charge in [-0.25, -0.2) is 9.59 Å². The molecule has 0 radical (unpaired) electrons. The van der Waals surface area contributed by atoms with Gasteiger partial charge in [0.25, 0.3) is 0 Å². The molecule has 10 nitrogen and oxygen atoms in total. The molecule has 0 aliphatic carbocycles. The minimum Gasteiger partial charge on any atom is -0.459 e. The molecule has 1 unspecified atom stereocenters. The number of carbonyl (C=O) groups excluding carboxylic acids is 2. The van der Waals surface area contributed by atoms with Gasteiger partial charge in [-0.1, -0.05) is 101 Å². The van der Waals surface area contributed by atoms with Gasteiger partial charge >= 0.3 is 11.9 Å². The van der Waals surface area contributed by atoms with E-state index in [2.05, 4.69) is 12.7 Å². The lowest BCUT2D eigenvalue weighted by atomic mass is 9.73. The maximum absolute atomic E-state index is 13.0. The van der Waals surface area contributed by atoms with Crippen molar-refractivity contribution in [1.29, 1.82) is 0 Å². The van der Waals surface area contributed by atoms with Gasteiger partial charge in [-0.3, -0.25) is 0 Å². The van der Waals surface area contributed by atoms with E-state index in [0.29, 0.717) is 44.1 Å². The predicted molar refractivity (Wildman–Crippen MR) is 196 cm³/mol.